The van der Waals surface area contributed by atoms with Crippen LogP contribution >= 0.6 is 11.3 Å². The molecule has 35 heavy (non-hydrogen) atoms. The summed E-state index contributed by atoms with van der Waals surface area (Å²) in [6, 6.07) is 15.1. The van der Waals surface area contributed by atoms with Crippen molar-refractivity contribution in [1.82, 2.24) is 4.90 Å². The molecular formula is C26H27NO4SSe3. The Morgan fingerprint density at radius 1 is 0.743 bits per heavy atom. The molecule has 0 saturated carbocycles. The van der Waals surface area contributed by atoms with Crippen molar-refractivity contribution in [3.63, 3.8) is 0 Å². The van der Waals surface area contributed by atoms with Crippen LogP contribution in [-0.4, -0.2) is 92.7 Å². The fraction of sp³-hybridized carbons (Fsp3) is 0.231. The first-order valence-corrected chi connectivity index (χ1v) is 17.2. The van der Waals surface area contributed by atoms with Gasteiger partial charge in [0.05, 0.1) is 4.88 Å². The zero-order valence-electron chi connectivity index (χ0n) is 19.5. The third kappa shape index (κ3) is 11.7. The first-order valence-electron chi connectivity index (χ1n) is 10.7. The zero-order chi connectivity index (χ0) is 25.5. The Labute approximate surface area is 228 Å². The van der Waals surface area contributed by atoms with Gasteiger partial charge in [0, 0.05) is 0 Å². The summed E-state index contributed by atoms with van der Waals surface area (Å²) >= 11 is 2.15. The minimum Gasteiger partial charge on any atom is -0.297 e. The summed E-state index contributed by atoms with van der Waals surface area (Å²) < 4.78 is 2.80. The van der Waals surface area contributed by atoms with Gasteiger partial charge in [-0.2, -0.15) is 0 Å². The Hall–Kier alpha value is -1.66. The van der Waals surface area contributed by atoms with Crippen LogP contribution in [0.15, 0.2) is 68.7 Å². The van der Waals surface area contributed by atoms with Crippen molar-refractivity contribution in [2.45, 2.75) is 19.3 Å². The van der Waals surface area contributed by atoms with Crippen molar-refractivity contribution >= 4 is 78.5 Å². The predicted molar refractivity (Wildman–Crippen MR) is 145 cm³/mol. The van der Waals surface area contributed by atoms with E-state index in [0.717, 1.165) is 31.0 Å². The fourth-order valence-electron chi connectivity index (χ4n) is 2.59. The molecule has 4 aromatic heterocycles. The minimum atomic E-state index is 0.136. The maximum Gasteiger partial charge on any atom is 0.159 e. The van der Waals surface area contributed by atoms with Gasteiger partial charge in [0.1, 0.15) is 0 Å². The molecule has 0 aliphatic carbocycles. The Balaban J connectivity index is 0.000000200. The number of nitrogens with zero attached hydrogens (tertiary/aromatic N) is 1. The van der Waals surface area contributed by atoms with Gasteiger partial charge in [-0.25, -0.2) is 0 Å². The van der Waals surface area contributed by atoms with Crippen molar-refractivity contribution in [1.29, 1.82) is 0 Å². The number of carbonyl (C=O) groups excluding carboxylic acids is 4. The van der Waals surface area contributed by atoms with Crippen LogP contribution in [0.3, 0.4) is 0 Å². The summed E-state index contributed by atoms with van der Waals surface area (Å²) in [5.41, 5.74) is 0. The van der Waals surface area contributed by atoms with Gasteiger partial charge in [-0.15, -0.1) is 11.3 Å². The van der Waals surface area contributed by atoms with E-state index in [2.05, 4.69) is 4.94 Å². The smallest absolute Gasteiger partial charge is 0.159 e. The van der Waals surface area contributed by atoms with E-state index in [9.17, 15) is 19.2 Å². The first-order chi connectivity index (χ1) is 16.9. The summed E-state index contributed by atoms with van der Waals surface area (Å²) in [6.45, 7) is 0.853. The molecular weight excluding hydrogens is 659 g/mol. The Morgan fingerprint density at radius 3 is 1.49 bits per heavy atom. The molecule has 0 aliphatic rings. The van der Waals surface area contributed by atoms with Gasteiger partial charge in [0.25, 0.3) is 0 Å². The molecule has 0 N–H and O–H groups in total. The molecule has 0 atom stereocenters. The van der Waals surface area contributed by atoms with Crippen LogP contribution < -0.4 is 0 Å². The number of thiophene rings is 1. The Bertz CT molecular complexity index is 1090. The minimum absolute atomic E-state index is 0.136. The number of hydrogen-bond donors (Lipinski definition) is 0. The van der Waals surface area contributed by atoms with Crippen LogP contribution in [0.2, 0.25) is 0 Å². The summed E-state index contributed by atoms with van der Waals surface area (Å²) in [5.74, 6) is 0.587. The molecule has 0 bridgehead atoms. The second kappa shape index (κ2) is 16.9. The molecule has 0 fully saturated rings. The van der Waals surface area contributed by atoms with Crippen molar-refractivity contribution < 1.29 is 19.2 Å². The van der Waals surface area contributed by atoms with E-state index in [1.54, 1.807) is 6.07 Å². The SMILES string of the molecule is CN(C)CCC(=O)c1ccc[se]1.O=C(CCC(=O)c1ccc[se]1)c1ccc[se]1.O=Cc1cccs1. The number of ketones is 3. The molecule has 5 nitrogen and oxygen atoms in total. The average molecular weight is 686 g/mol. The largest absolute Gasteiger partial charge is 0.297 e. The molecule has 0 saturated heterocycles. The van der Waals surface area contributed by atoms with Crippen molar-refractivity contribution in [2.75, 3.05) is 20.6 Å². The van der Waals surface area contributed by atoms with E-state index in [1.165, 1.54) is 11.3 Å². The second-order valence-corrected chi connectivity index (χ2v) is 14.3. The van der Waals surface area contributed by atoms with E-state index < -0.39 is 0 Å². The number of Topliss-reactive ketones (excluding diaryl/α,β-unsaturated/α-hetero) is 3. The molecule has 184 valence electrons. The van der Waals surface area contributed by atoms with Crippen LogP contribution in [0.4, 0.5) is 0 Å². The van der Waals surface area contributed by atoms with E-state index in [4.69, 9.17) is 0 Å². The van der Waals surface area contributed by atoms with Gasteiger partial charge in [-0.3, -0.25) is 4.79 Å². The van der Waals surface area contributed by atoms with Crippen molar-refractivity contribution in [3.05, 3.63) is 86.9 Å². The monoisotopic (exact) mass is 689 g/mol. The van der Waals surface area contributed by atoms with Gasteiger partial charge in [0.15, 0.2) is 6.29 Å². The molecule has 4 aromatic rings. The van der Waals surface area contributed by atoms with Gasteiger partial charge in [-0.05, 0) is 11.4 Å². The third-order valence-electron chi connectivity index (χ3n) is 4.41. The first kappa shape index (κ1) is 29.6. The van der Waals surface area contributed by atoms with Gasteiger partial charge >= 0.3 is 185 Å². The predicted octanol–water partition coefficient (Wildman–Crippen LogP) is 4.09. The van der Waals surface area contributed by atoms with Gasteiger partial charge in [0.2, 0.25) is 0 Å². The Morgan fingerprint density at radius 2 is 1.20 bits per heavy atom. The second-order valence-electron chi connectivity index (χ2n) is 7.39. The topological polar surface area (TPSA) is 71.5 Å². The van der Waals surface area contributed by atoms with Crippen molar-refractivity contribution in [3.8, 4) is 0 Å². The summed E-state index contributed by atoms with van der Waals surface area (Å²) in [5, 5.41) is 1.88. The van der Waals surface area contributed by atoms with Crippen LogP contribution in [0.1, 0.15) is 56.6 Å². The third-order valence-corrected chi connectivity index (χ3v) is 10.9. The Kier molecular flexibility index (Phi) is 14.3. The molecule has 0 unspecified atom stereocenters. The van der Waals surface area contributed by atoms with Gasteiger partial charge < -0.3 is 0 Å². The van der Waals surface area contributed by atoms with Crippen LogP contribution in [0, 0.1) is 0 Å². The quantitative estimate of drug-likeness (QED) is 0.143. The summed E-state index contributed by atoms with van der Waals surface area (Å²) in [4.78, 5) is 53.6. The van der Waals surface area contributed by atoms with Crippen LogP contribution in [0.5, 0.6) is 0 Å². The average Bonchev–Trinajstić information content (AvgIpc) is 3.69. The maximum atomic E-state index is 11.7. The molecule has 9 heteroatoms. The molecule has 0 amide bonds. The summed E-state index contributed by atoms with van der Waals surface area (Å²) in [7, 11) is 3.97. The molecule has 4 rings (SSSR count). The molecule has 0 aromatic carbocycles. The van der Waals surface area contributed by atoms with Gasteiger partial charge in [-0.1, -0.05) is 6.07 Å². The van der Waals surface area contributed by atoms with Crippen LogP contribution in [0.25, 0.3) is 0 Å². The normalized spacial score (nSPS) is 10.0. The number of hydrogen-bond acceptors (Lipinski definition) is 6. The standard InChI is InChI=1S/C12H10O2Se2.C9H13NOSe.C5H4OS/c13-9(11-3-1-7-15-11)5-6-10(14)12-4-2-8-16-12;1-10(2)6-5-8(11)9-4-3-7-12-9;6-4-5-2-1-3-7-5/h1-4,7-8H,5-6H2;3-4,7H,5-6H2,1-2H3;1-4H. The molecule has 0 radical (unpaired) electrons. The van der Waals surface area contributed by atoms with E-state index in [0.29, 0.717) is 39.5 Å². The molecule has 4 heterocycles. The maximum absolute atomic E-state index is 11.7. The number of carbonyl (C=O) groups is 4. The number of rotatable bonds is 10. The molecule has 0 aliphatic heterocycles. The fourth-order valence-corrected chi connectivity index (χ4v) is 7.49. The molecule has 0 spiro atoms. The van der Waals surface area contributed by atoms with E-state index in [-0.39, 0.29) is 40.6 Å². The van der Waals surface area contributed by atoms with E-state index >= 15 is 0 Å². The van der Waals surface area contributed by atoms with E-state index in [1.807, 2.05) is 76.7 Å². The summed E-state index contributed by atoms with van der Waals surface area (Å²) in [6.07, 6.45) is 2.23. The zero-order valence-corrected chi connectivity index (χ0v) is 25.5. The number of aldehydes is 1. The van der Waals surface area contributed by atoms with Crippen molar-refractivity contribution in [2.24, 2.45) is 0 Å². The van der Waals surface area contributed by atoms with Crippen LogP contribution in [-0.2, 0) is 0 Å².